The van der Waals surface area contributed by atoms with Crippen molar-refractivity contribution >= 4 is 38.5 Å². The molecule has 0 bridgehead atoms. The van der Waals surface area contributed by atoms with Crippen molar-refractivity contribution < 1.29 is 4.52 Å². The molecule has 0 unspecified atom stereocenters. The molecule has 2 N–H and O–H groups in total. The minimum Gasteiger partial charge on any atom is -0.334 e. The lowest BCUT2D eigenvalue weighted by Crippen LogP contribution is -2.39. The molecule has 1 heterocycles. The summed E-state index contributed by atoms with van der Waals surface area (Å²) in [6.45, 7) is 0. The van der Waals surface area contributed by atoms with Gasteiger partial charge in [-0.3, -0.25) is 0 Å². The number of halogens is 2. The van der Waals surface area contributed by atoms with Crippen LogP contribution in [0.5, 0.6) is 0 Å². The standard InChI is InChI=1S/C14H15BrIN3O/c15-9-4-5-11(16)10(8-9)12-18-13(19-20-12)14(17)6-2-1-3-7-14/h4-5,8H,1-3,6-7,17H2. The summed E-state index contributed by atoms with van der Waals surface area (Å²) in [5, 5.41) is 4.13. The zero-order valence-corrected chi connectivity index (χ0v) is 14.6. The third-order valence-electron chi connectivity index (χ3n) is 3.78. The van der Waals surface area contributed by atoms with Crippen LogP contribution >= 0.6 is 38.5 Å². The summed E-state index contributed by atoms with van der Waals surface area (Å²) in [6, 6.07) is 6.00. The van der Waals surface area contributed by atoms with Crippen LogP contribution in [0.25, 0.3) is 11.5 Å². The predicted octanol–water partition coefficient (Wildman–Crippen LogP) is 4.22. The minimum atomic E-state index is -0.419. The topological polar surface area (TPSA) is 64.9 Å². The molecule has 0 aliphatic heterocycles. The van der Waals surface area contributed by atoms with Crippen molar-refractivity contribution in [2.75, 3.05) is 0 Å². The average Bonchev–Trinajstić information content (AvgIpc) is 2.93. The highest BCUT2D eigenvalue weighted by atomic mass is 127. The van der Waals surface area contributed by atoms with Gasteiger partial charge in [0.25, 0.3) is 5.89 Å². The van der Waals surface area contributed by atoms with E-state index >= 15 is 0 Å². The molecule has 1 aliphatic rings. The summed E-state index contributed by atoms with van der Waals surface area (Å²) in [6.07, 6.45) is 5.37. The molecule has 1 aromatic heterocycles. The highest BCUT2D eigenvalue weighted by molar-refractivity contribution is 14.1. The number of aromatic nitrogens is 2. The highest BCUT2D eigenvalue weighted by Crippen LogP contribution is 2.35. The Morgan fingerprint density at radius 1 is 1.25 bits per heavy atom. The monoisotopic (exact) mass is 447 g/mol. The lowest BCUT2D eigenvalue weighted by atomic mass is 9.82. The van der Waals surface area contributed by atoms with E-state index in [-0.39, 0.29) is 0 Å². The van der Waals surface area contributed by atoms with E-state index in [9.17, 15) is 0 Å². The lowest BCUT2D eigenvalue weighted by Gasteiger charge is -2.29. The van der Waals surface area contributed by atoms with E-state index in [1.807, 2.05) is 18.2 Å². The largest absolute Gasteiger partial charge is 0.334 e. The molecule has 0 amide bonds. The maximum absolute atomic E-state index is 6.44. The average molecular weight is 448 g/mol. The van der Waals surface area contributed by atoms with Crippen molar-refractivity contribution in [3.63, 3.8) is 0 Å². The van der Waals surface area contributed by atoms with Crippen LogP contribution in [0.15, 0.2) is 27.2 Å². The van der Waals surface area contributed by atoms with E-state index in [1.54, 1.807) is 0 Å². The van der Waals surface area contributed by atoms with Gasteiger partial charge in [-0.05, 0) is 53.6 Å². The van der Waals surface area contributed by atoms with Crippen LogP contribution in [0, 0.1) is 3.57 Å². The van der Waals surface area contributed by atoms with Gasteiger partial charge in [0.2, 0.25) is 0 Å². The van der Waals surface area contributed by atoms with E-state index in [2.05, 4.69) is 48.7 Å². The maximum Gasteiger partial charge on any atom is 0.259 e. The second-order valence-electron chi connectivity index (χ2n) is 5.26. The predicted molar refractivity (Wildman–Crippen MR) is 89.1 cm³/mol. The van der Waals surface area contributed by atoms with Crippen LogP contribution in [0.3, 0.4) is 0 Å². The molecule has 0 radical (unpaired) electrons. The Kier molecular flexibility index (Phi) is 4.14. The van der Waals surface area contributed by atoms with Crippen molar-refractivity contribution in [1.82, 2.24) is 10.1 Å². The summed E-state index contributed by atoms with van der Waals surface area (Å²) < 4.78 is 7.51. The number of rotatable bonds is 2. The SMILES string of the molecule is NC1(c2noc(-c3cc(Br)ccc3I)n2)CCCCC1. The molecule has 106 valence electrons. The van der Waals surface area contributed by atoms with Gasteiger partial charge in [-0.1, -0.05) is 40.3 Å². The van der Waals surface area contributed by atoms with Gasteiger partial charge in [-0.25, -0.2) is 0 Å². The molecular formula is C14H15BrIN3O. The summed E-state index contributed by atoms with van der Waals surface area (Å²) in [4.78, 5) is 4.55. The van der Waals surface area contributed by atoms with Gasteiger partial charge in [-0.15, -0.1) is 0 Å². The van der Waals surface area contributed by atoms with Crippen LogP contribution in [-0.4, -0.2) is 10.1 Å². The molecule has 1 aromatic carbocycles. The maximum atomic E-state index is 6.44. The Morgan fingerprint density at radius 3 is 2.75 bits per heavy atom. The Bertz CT molecular complexity index is 623. The van der Waals surface area contributed by atoms with Gasteiger partial charge in [0, 0.05) is 8.04 Å². The fourth-order valence-corrected chi connectivity index (χ4v) is 3.53. The first kappa shape index (κ1) is 14.5. The fourth-order valence-electron chi connectivity index (χ4n) is 2.60. The van der Waals surface area contributed by atoms with Crippen molar-refractivity contribution in [3.05, 3.63) is 32.1 Å². The Morgan fingerprint density at radius 2 is 2.00 bits per heavy atom. The zero-order chi connectivity index (χ0) is 14.2. The van der Waals surface area contributed by atoms with Crippen molar-refractivity contribution in [2.45, 2.75) is 37.6 Å². The van der Waals surface area contributed by atoms with Crippen LogP contribution in [0.2, 0.25) is 0 Å². The van der Waals surface area contributed by atoms with Gasteiger partial charge < -0.3 is 10.3 Å². The normalized spacial score (nSPS) is 18.1. The third-order valence-corrected chi connectivity index (χ3v) is 5.21. The molecule has 3 rings (SSSR count). The number of benzene rings is 1. The van der Waals surface area contributed by atoms with Crippen molar-refractivity contribution in [1.29, 1.82) is 0 Å². The quantitative estimate of drug-likeness (QED) is 0.700. The summed E-state index contributed by atoms with van der Waals surface area (Å²) in [5.41, 5.74) is 6.97. The van der Waals surface area contributed by atoms with Crippen LogP contribution in [0.1, 0.15) is 37.9 Å². The Hall–Kier alpha value is -0.470. The van der Waals surface area contributed by atoms with E-state index in [1.165, 1.54) is 6.42 Å². The van der Waals surface area contributed by atoms with E-state index < -0.39 is 5.54 Å². The summed E-state index contributed by atoms with van der Waals surface area (Å²) in [7, 11) is 0. The molecule has 20 heavy (non-hydrogen) atoms. The Labute approximate surface area is 139 Å². The molecule has 0 saturated heterocycles. The highest BCUT2D eigenvalue weighted by Gasteiger charge is 2.34. The van der Waals surface area contributed by atoms with E-state index in [0.717, 1.165) is 39.3 Å². The van der Waals surface area contributed by atoms with E-state index in [0.29, 0.717) is 11.7 Å². The summed E-state index contributed by atoms with van der Waals surface area (Å²) in [5.74, 6) is 1.18. The molecular weight excluding hydrogens is 433 g/mol. The fraction of sp³-hybridized carbons (Fsp3) is 0.429. The Balaban J connectivity index is 1.95. The lowest BCUT2D eigenvalue weighted by molar-refractivity contribution is 0.275. The molecule has 2 aromatic rings. The molecule has 4 nitrogen and oxygen atoms in total. The summed E-state index contributed by atoms with van der Waals surface area (Å²) >= 11 is 5.74. The molecule has 1 aliphatic carbocycles. The van der Waals surface area contributed by atoms with Crippen LogP contribution < -0.4 is 5.73 Å². The van der Waals surface area contributed by atoms with E-state index in [4.69, 9.17) is 10.3 Å². The number of nitrogens with two attached hydrogens (primary N) is 1. The first-order valence-corrected chi connectivity index (χ1v) is 8.54. The number of nitrogens with zero attached hydrogens (tertiary/aromatic N) is 2. The number of hydrogen-bond donors (Lipinski definition) is 1. The minimum absolute atomic E-state index is 0.419. The van der Waals surface area contributed by atoms with Crippen LogP contribution in [-0.2, 0) is 5.54 Å². The van der Waals surface area contributed by atoms with Gasteiger partial charge >= 0.3 is 0 Å². The molecule has 0 spiro atoms. The first-order chi connectivity index (χ1) is 9.58. The molecule has 6 heteroatoms. The van der Waals surface area contributed by atoms with Gasteiger partial charge in [0.05, 0.1) is 11.1 Å². The molecule has 0 atom stereocenters. The number of hydrogen-bond acceptors (Lipinski definition) is 4. The van der Waals surface area contributed by atoms with Crippen molar-refractivity contribution in [2.24, 2.45) is 5.73 Å². The van der Waals surface area contributed by atoms with Gasteiger partial charge in [-0.2, -0.15) is 4.98 Å². The molecule has 1 fully saturated rings. The van der Waals surface area contributed by atoms with Gasteiger partial charge in [0.15, 0.2) is 5.82 Å². The first-order valence-electron chi connectivity index (χ1n) is 6.67. The second-order valence-corrected chi connectivity index (χ2v) is 7.34. The van der Waals surface area contributed by atoms with Crippen molar-refractivity contribution in [3.8, 4) is 11.5 Å². The molecule has 1 saturated carbocycles. The smallest absolute Gasteiger partial charge is 0.259 e. The van der Waals surface area contributed by atoms with Crippen LogP contribution in [0.4, 0.5) is 0 Å². The zero-order valence-electron chi connectivity index (χ0n) is 10.9. The van der Waals surface area contributed by atoms with Gasteiger partial charge in [0.1, 0.15) is 0 Å². The third kappa shape index (κ3) is 2.78. The second kappa shape index (κ2) is 5.73.